The van der Waals surface area contributed by atoms with Gasteiger partial charge in [0.25, 0.3) is 5.91 Å². The van der Waals surface area contributed by atoms with Crippen LogP contribution >= 0.6 is 0 Å². The zero-order valence-corrected chi connectivity index (χ0v) is 21.0. The van der Waals surface area contributed by atoms with E-state index in [4.69, 9.17) is 9.47 Å². The van der Waals surface area contributed by atoms with Crippen LogP contribution < -0.4 is 19.5 Å². The Morgan fingerprint density at radius 3 is 2.42 bits per heavy atom. The van der Waals surface area contributed by atoms with E-state index in [0.717, 1.165) is 16.8 Å². The SMILES string of the molecule is O=C(NCc1cccnc1)c1ccc2c(c1)ncn2-c1ccc(OCCOc2ccccc2OC(F)(F)F)cc1. The van der Waals surface area contributed by atoms with E-state index >= 15 is 0 Å². The molecule has 0 fully saturated rings. The second-order valence-electron chi connectivity index (χ2n) is 8.55. The molecule has 0 aliphatic heterocycles. The highest BCUT2D eigenvalue weighted by molar-refractivity contribution is 5.97. The van der Waals surface area contributed by atoms with Crippen molar-refractivity contribution in [2.75, 3.05) is 13.2 Å². The summed E-state index contributed by atoms with van der Waals surface area (Å²) in [4.78, 5) is 21.1. The predicted octanol–water partition coefficient (Wildman–Crippen LogP) is 5.71. The standard InChI is InChI=1S/C29H23F3N4O4/c30-29(31,32)40-27-6-2-1-5-26(27)39-15-14-38-23-10-8-22(9-11-23)36-19-35-24-16-21(7-12-25(24)36)28(37)34-18-20-4-3-13-33-17-20/h1-13,16-17,19H,14-15,18H2,(H,34,37). The van der Waals surface area contributed by atoms with E-state index in [1.165, 1.54) is 18.2 Å². The third-order valence-corrected chi connectivity index (χ3v) is 5.78. The number of hydrogen-bond donors (Lipinski definition) is 1. The van der Waals surface area contributed by atoms with E-state index in [1.54, 1.807) is 49.1 Å². The van der Waals surface area contributed by atoms with E-state index in [-0.39, 0.29) is 24.9 Å². The molecule has 5 aromatic rings. The molecule has 0 unspecified atom stereocenters. The summed E-state index contributed by atoms with van der Waals surface area (Å²) in [6.07, 6.45) is 0.241. The third kappa shape index (κ3) is 6.68. The molecule has 1 amide bonds. The zero-order valence-electron chi connectivity index (χ0n) is 21.0. The number of pyridine rings is 1. The molecule has 2 aromatic heterocycles. The molecule has 2 heterocycles. The first-order valence-electron chi connectivity index (χ1n) is 12.2. The highest BCUT2D eigenvalue weighted by Crippen LogP contribution is 2.31. The van der Waals surface area contributed by atoms with E-state index in [1.807, 2.05) is 34.9 Å². The van der Waals surface area contributed by atoms with Crippen molar-refractivity contribution >= 4 is 16.9 Å². The zero-order chi connectivity index (χ0) is 28.0. The molecule has 1 N–H and O–H groups in total. The number of halogens is 3. The number of carbonyl (C=O) groups is 1. The Bertz CT molecular complexity index is 1590. The summed E-state index contributed by atoms with van der Waals surface area (Å²) in [5, 5.41) is 2.88. The molecule has 204 valence electrons. The van der Waals surface area contributed by atoms with Crippen molar-refractivity contribution in [2.24, 2.45) is 0 Å². The first-order chi connectivity index (χ1) is 19.4. The van der Waals surface area contributed by atoms with Crippen molar-refractivity contribution < 1.29 is 32.2 Å². The fourth-order valence-electron chi connectivity index (χ4n) is 3.94. The number of nitrogens with one attached hydrogen (secondary N) is 1. The Hall–Kier alpha value is -5.06. The van der Waals surface area contributed by atoms with Crippen LogP contribution in [0.2, 0.25) is 0 Å². The maximum atomic E-state index is 12.6. The van der Waals surface area contributed by atoms with Crippen LogP contribution in [0.5, 0.6) is 17.2 Å². The normalized spacial score (nSPS) is 11.3. The van der Waals surface area contributed by atoms with Gasteiger partial charge in [-0.3, -0.25) is 14.3 Å². The smallest absolute Gasteiger partial charge is 0.490 e. The van der Waals surface area contributed by atoms with Gasteiger partial charge in [0.05, 0.1) is 11.0 Å². The highest BCUT2D eigenvalue weighted by Gasteiger charge is 2.32. The molecule has 0 atom stereocenters. The minimum Gasteiger partial charge on any atom is -0.490 e. The molecule has 0 spiro atoms. The molecule has 0 saturated heterocycles. The summed E-state index contributed by atoms with van der Waals surface area (Å²) in [6, 6.07) is 21.8. The number of imidazole rings is 1. The number of hydrogen-bond acceptors (Lipinski definition) is 6. The lowest BCUT2D eigenvalue weighted by Gasteiger charge is -2.14. The molecular weight excluding hydrogens is 525 g/mol. The molecule has 5 rings (SSSR count). The molecule has 0 aliphatic rings. The monoisotopic (exact) mass is 548 g/mol. The molecule has 0 aliphatic carbocycles. The van der Waals surface area contributed by atoms with Crippen molar-refractivity contribution in [1.82, 2.24) is 19.9 Å². The van der Waals surface area contributed by atoms with Crippen molar-refractivity contribution in [1.29, 1.82) is 0 Å². The van der Waals surface area contributed by atoms with Crippen LogP contribution in [0.1, 0.15) is 15.9 Å². The fraction of sp³-hybridized carbons (Fsp3) is 0.138. The predicted molar refractivity (Wildman–Crippen MR) is 141 cm³/mol. The Morgan fingerprint density at radius 1 is 0.900 bits per heavy atom. The van der Waals surface area contributed by atoms with Gasteiger partial charge in [-0.1, -0.05) is 18.2 Å². The Labute approximate surface area is 227 Å². The van der Waals surface area contributed by atoms with Gasteiger partial charge in [0.2, 0.25) is 0 Å². The average molecular weight is 549 g/mol. The van der Waals surface area contributed by atoms with Gasteiger partial charge >= 0.3 is 6.36 Å². The fourth-order valence-corrected chi connectivity index (χ4v) is 3.94. The molecule has 0 radical (unpaired) electrons. The number of aromatic nitrogens is 3. The van der Waals surface area contributed by atoms with Crippen LogP contribution in [0.3, 0.4) is 0 Å². The van der Waals surface area contributed by atoms with Crippen LogP contribution in [0, 0.1) is 0 Å². The van der Waals surface area contributed by atoms with E-state index < -0.39 is 12.1 Å². The van der Waals surface area contributed by atoms with E-state index in [9.17, 15) is 18.0 Å². The lowest BCUT2D eigenvalue weighted by Crippen LogP contribution is -2.22. The largest absolute Gasteiger partial charge is 0.573 e. The average Bonchev–Trinajstić information content (AvgIpc) is 3.38. The number of benzene rings is 3. The molecule has 0 bridgehead atoms. The van der Waals surface area contributed by atoms with Crippen LogP contribution in [0.25, 0.3) is 16.7 Å². The second-order valence-corrected chi connectivity index (χ2v) is 8.55. The Balaban J connectivity index is 1.17. The second kappa shape index (κ2) is 11.8. The van der Waals surface area contributed by atoms with Gasteiger partial charge in [-0.05, 0) is 66.2 Å². The summed E-state index contributed by atoms with van der Waals surface area (Å²) in [5.74, 6) is -0.0874. The van der Waals surface area contributed by atoms with Gasteiger partial charge in [0, 0.05) is 30.2 Å². The van der Waals surface area contributed by atoms with Crippen LogP contribution in [0.15, 0.2) is 97.6 Å². The van der Waals surface area contributed by atoms with Gasteiger partial charge < -0.3 is 19.5 Å². The Morgan fingerprint density at radius 2 is 1.68 bits per heavy atom. The summed E-state index contributed by atoms with van der Waals surface area (Å²) in [7, 11) is 0. The maximum absolute atomic E-state index is 12.6. The molecule has 3 aromatic carbocycles. The Kier molecular flexibility index (Phi) is 7.81. The number of fused-ring (bicyclic) bond motifs is 1. The van der Waals surface area contributed by atoms with Gasteiger partial charge in [-0.15, -0.1) is 13.2 Å². The minimum atomic E-state index is -4.81. The van der Waals surface area contributed by atoms with Crippen LogP contribution in [-0.4, -0.2) is 40.0 Å². The molecule has 8 nitrogen and oxygen atoms in total. The van der Waals surface area contributed by atoms with Crippen LogP contribution in [-0.2, 0) is 6.54 Å². The maximum Gasteiger partial charge on any atom is 0.573 e. The summed E-state index contributed by atoms with van der Waals surface area (Å²) >= 11 is 0. The first kappa shape index (κ1) is 26.5. The van der Waals surface area contributed by atoms with E-state index in [2.05, 4.69) is 20.0 Å². The molecule has 11 heteroatoms. The first-order valence-corrected chi connectivity index (χ1v) is 12.2. The number of para-hydroxylation sites is 2. The summed E-state index contributed by atoms with van der Waals surface area (Å²) < 4.78 is 54.6. The number of ether oxygens (including phenoxy) is 3. The van der Waals surface area contributed by atoms with Crippen molar-refractivity contribution in [3.8, 4) is 22.9 Å². The van der Waals surface area contributed by atoms with Gasteiger partial charge in [-0.2, -0.15) is 0 Å². The van der Waals surface area contributed by atoms with Crippen LogP contribution in [0.4, 0.5) is 13.2 Å². The van der Waals surface area contributed by atoms with Crippen molar-refractivity contribution in [2.45, 2.75) is 12.9 Å². The quantitative estimate of drug-likeness (QED) is 0.225. The molecular formula is C29H23F3N4O4. The van der Waals surface area contributed by atoms with Gasteiger partial charge in [0.1, 0.15) is 25.3 Å². The lowest BCUT2D eigenvalue weighted by atomic mass is 10.1. The number of alkyl halides is 3. The topological polar surface area (TPSA) is 87.5 Å². The number of nitrogens with zero attached hydrogens (tertiary/aromatic N) is 3. The lowest BCUT2D eigenvalue weighted by molar-refractivity contribution is -0.275. The van der Waals surface area contributed by atoms with Crippen molar-refractivity contribution in [3.63, 3.8) is 0 Å². The number of rotatable bonds is 10. The van der Waals surface area contributed by atoms with Crippen molar-refractivity contribution in [3.05, 3.63) is 109 Å². The van der Waals surface area contributed by atoms with Gasteiger partial charge in [-0.25, -0.2) is 4.98 Å². The molecule has 40 heavy (non-hydrogen) atoms. The highest BCUT2D eigenvalue weighted by atomic mass is 19.4. The molecule has 0 saturated carbocycles. The minimum absolute atomic E-state index is 0.0181. The summed E-state index contributed by atoms with van der Waals surface area (Å²) in [6.45, 7) is 0.503. The van der Waals surface area contributed by atoms with E-state index in [0.29, 0.717) is 23.4 Å². The van der Waals surface area contributed by atoms with Gasteiger partial charge in [0.15, 0.2) is 11.5 Å². The summed E-state index contributed by atoms with van der Waals surface area (Å²) in [5.41, 5.74) is 3.73. The number of carbonyl (C=O) groups excluding carboxylic acids is 1. The number of amides is 1. The third-order valence-electron chi connectivity index (χ3n) is 5.78.